The maximum atomic E-state index is 11.6. The molecule has 1 heterocycles. The fraction of sp³-hybridized carbons (Fsp3) is 0.462. The smallest absolute Gasteiger partial charge is 0.152 e. The van der Waals surface area contributed by atoms with Gasteiger partial charge in [0.05, 0.1) is 22.8 Å². The number of anilines is 1. The van der Waals surface area contributed by atoms with Crippen LogP contribution in [0, 0.1) is 18.3 Å². The molecular weight excluding hydrogens is 248 g/mol. The van der Waals surface area contributed by atoms with Crippen LogP contribution in [-0.4, -0.2) is 33.0 Å². The molecule has 0 atom stereocenters. The number of sulfone groups is 1. The topological polar surface area (TPSA) is 61.2 Å². The van der Waals surface area contributed by atoms with Crippen molar-refractivity contribution in [3.8, 4) is 6.07 Å². The van der Waals surface area contributed by atoms with Crippen LogP contribution in [0.15, 0.2) is 18.2 Å². The Kier molecular flexibility index (Phi) is 3.58. The Hall–Kier alpha value is -1.54. The molecule has 0 aliphatic carbocycles. The van der Waals surface area contributed by atoms with Gasteiger partial charge in [-0.2, -0.15) is 5.26 Å². The minimum atomic E-state index is -2.91. The van der Waals surface area contributed by atoms with E-state index in [0.717, 1.165) is 11.3 Å². The minimum Gasteiger partial charge on any atom is -0.369 e. The van der Waals surface area contributed by atoms with Crippen LogP contribution in [-0.2, 0) is 9.84 Å². The minimum absolute atomic E-state index is 0.172. The molecule has 0 amide bonds. The lowest BCUT2D eigenvalue weighted by molar-refractivity contribution is 0.597. The van der Waals surface area contributed by atoms with Crippen LogP contribution in [0.25, 0.3) is 0 Å². The third kappa shape index (κ3) is 2.82. The molecule has 1 aromatic carbocycles. The summed E-state index contributed by atoms with van der Waals surface area (Å²) in [7, 11) is -2.91. The average molecular weight is 264 g/mol. The van der Waals surface area contributed by atoms with Crippen molar-refractivity contribution >= 4 is 15.5 Å². The number of rotatable bonds is 1. The second-order valence-corrected chi connectivity index (χ2v) is 6.93. The molecule has 0 bridgehead atoms. The number of hydrogen-bond acceptors (Lipinski definition) is 4. The van der Waals surface area contributed by atoms with Gasteiger partial charge in [-0.25, -0.2) is 8.42 Å². The molecule has 1 aliphatic rings. The van der Waals surface area contributed by atoms with Crippen molar-refractivity contribution in [3.05, 3.63) is 29.3 Å². The molecule has 1 saturated heterocycles. The summed E-state index contributed by atoms with van der Waals surface area (Å²) in [5.41, 5.74) is 2.51. The van der Waals surface area contributed by atoms with E-state index in [2.05, 4.69) is 6.07 Å². The number of nitriles is 1. The average Bonchev–Trinajstić information content (AvgIpc) is 2.50. The van der Waals surface area contributed by atoms with Crippen molar-refractivity contribution in [2.75, 3.05) is 29.5 Å². The van der Waals surface area contributed by atoms with Gasteiger partial charge in [-0.3, -0.25) is 0 Å². The zero-order valence-corrected chi connectivity index (χ0v) is 11.2. The highest BCUT2D eigenvalue weighted by atomic mass is 32.2. The quantitative estimate of drug-likeness (QED) is 0.771. The van der Waals surface area contributed by atoms with Gasteiger partial charge in [0.2, 0.25) is 0 Å². The maximum absolute atomic E-state index is 11.6. The zero-order chi connectivity index (χ0) is 13.2. The molecule has 0 unspecified atom stereocenters. The van der Waals surface area contributed by atoms with Crippen LogP contribution < -0.4 is 4.90 Å². The highest BCUT2D eigenvalue weighted by molar-refractivity contribution is 7.91. The van der Waals surface area contributed by atoms with Crippen molar-refractivity contribution in [2.24, 2.45) is 0 Å². The molecule has 1 fully saturated rings. The predicted octanol–water partition coefficient (Wildman–Crippen LogP) is 1.49. The van der Waals surface area contributed by atoms with Crippen LogP contribution in [0.2, 0.25) is 0 Å². The zero-order valence-electron chi connectivity index (χ0n) is 10.4. The van der Waals surface area contributed by atoms with Crippen molar-refractivity contribution in [2.45, 2.75) is 13.3 Å². The normalized spacial score (nSPS) is 19.0. The first-order valence-electron chi connectivity index (χ1n) is 5.98. The van der Waals surface area contributed by atoms with Crippen LogP contribution >= 0.6 is 0 Å². The maximum Gasteiger partial charge on any atom is 0.152 e. The first-order valence-corrected chi connectivity index (χ1v) is 7.80. The van der Waals surface area contributed by atoms with Gasteiger partial charge in [0.25, 0.3) is 0 Å². The van der Waals surface area contributed by atoms with Crippen LogP contribution in [0.5, 0.6) is 0 Å². The van der Waals surface area contributed by atoms with E-state index in [-0.39, 0.29) is 11.5 Å². The predicted molar refractivity (Wildman–Crippen MR) is 71.4 cm³/mol. The molecule has 0 N–H and O–H groups in total. The fourth-order valence-corrected chi connectivity index (χ4v) is 3.47. The van der Waals surface area contributed by atoms with Crippen molar-refractivity contribution < 1.29 is 8.42 Å². The van der Waals surface area contributed by atoms with Gasteiger partial charge >= 0.3 is 0 Å². The first-order chi connectivity index (χ1) is 8.52. The van der Waals surface area contributed by atoms with Gasteiger partial charge in [-0.05, 0) is 31.0 Å². The SMILES string of the molecule is Cc1ccc(N2CCCS(=O)(=O)CC2)c(C#N)c1. The number of aryl methyl sites for hydroxylation is 1. The van der Waals surface area contributed by atoms with Crippen molar-refractivity contribution in [1.29, 1.82) is 5.26 Å². The van der Waals surface area contributed by atoms with Gasteiger partial charge in [-0.15, -0.1) is 0 Å². The lowest BCUT2D eigenvalue weighted by Crippen LogP contribution is -2.27. The summed E-state index contributed by atoms with van der Waals surface area (Å²) in [6.07, 6.45) is 0.626. The lowest BCUT2D eigenvalue weighted by Gasteiger charge is -2.23. The Morgan fingerprint density at radius 1 is 1.28 bits per heavy atom. The second-order valence-electron chi connectivity index (χ2n) is 4.62. The van der Waals surface area contributed by atoms with E-state index in [0.29, 0.717) is 25.1 Å². The van der Waals surface area contributed by atoms with E-state index < -0.39 is 9.84 Å². The largest absolute Gasteiger partial charge is 0.369 e. The second kappa shape index (κ2) is 4.99. The van der Waals surface area contributed by atoms with E-state index in [1.807, 2.05) is 30.0 Å². The van der Waals surface area contributed by atoms with Gasteiger partial charge in [-0.1, -0.05) is 6.07 Å². The molecule has 96 valence electrons. The molecule has 1 aliphatic heterocycles. The summed E-state index contributed by atoms with van der Waals surface area (Å²) < 4.78 is 23.1. The summed E-state index contributed by atoms with van der Waals surface area (Å²) >= 11 is 0. The van der Waals surface area contributed by atoms with E-state index in [1.54, 1.807) is 0 Å². The highest BCUT2D eigenvalue weighted by Gasteiger charge is 2.20. The summed E-state index contributed by atoms with van der Waals surface area (Å²) in [4.78, 5) is 2.00. The molecule has 0 spiro atoms. The Labute approximate surface area is 108 Å². The van der Waals surface area contributed by atoms with E-state index in [9.17, 15) is 8.42 Å². The molecule has 1 aromatic rings. The Balaban J connectivity index is 2.30. The van der Waals surface area contributed by atoms with Gasteiger partial charge in [0, 0.05) is 13.1 Å². The van der Waals surface area contributed by atoms with E-state index in [1.165, 1.54) is 0 Å². The fourth-order valence-electron chi connectivity index (χ4n) is 2.19. The van der Waals surface area contributed by atoms with Crippen molar-refractivity contribution in [3.63, 3.8) is 0 Å². The summed E-state index contributed by atoms with van der Waals surface area (Å²) in [5, 5.41) is 9.15. The highest BCUT2D eigenvalue weighted by Crippen LogP contribution is 2.23. The van der Waals surface area contributed by atoms with Gasteiger partial charge < -0.3 is 4.90 Å². The Morgan fingerprint density at radius 3 is 2.78 bits per heavy atom. The van der Waals surface area contributed by atoms with Gasteiger partial charge in [0.1, 0.15) is 6.07 Å². The monoisotopic (exact) mass is 264 g/mol. The van der Waals surface area contributed by atoms with Crippen molar-refractivity contribution in [1.82, 2.24) is 0 Å². The Morgan fingerprint density at radius 2 is 2.06 bits per heavy atom. The molecule has 5 heteroatoms. The van der Waals surface area contributed by atoms with Gasteiger partial charge in [0.15, 0.2) is 9.84 Å². The van der Waals surface area contributed by atoms with Crippen LogP contribution in [0.4, 0.5) is 5.69 Å². The summed E-state index contributed by atoms with van der Waals surface area (Å²) in [6, 6.07) is 7.89. The number of benzene rings is 1. The third-order valence-corrected chi connectivity index (χ3v) is 4.88. The summed E-state index contributed by atoms with van der Waals surface area (Å²) in [5.74, 6) is 0.420. The number of nitrogens with zero attached hydrogens (tertiary/aromatic N) is 2. The summed E-state index contributed by atoms with van der Waals surface area (Å²) in [6.45, 7) is 3.11. The third-order valence-electron chi connectivity index (χ3n) is 3.17. The Bertz CT molecular complexity index is 587. The molecule has 0 aromatic heterocycles. The molecule has 4 nitrogen and oxygen atoms in total. The van der Waals surface area contributed by atoms with Crippen LogP contribution in [0.3, 0.4) is 0 Å². The standard InChI is InChI=1S/C13H16N2O2S/c1-11-3-4-13(12(9-11)10-14)15-5-2-7-18(16,17)8-6-15/h3-4,9H,2,5-8H2,1H3. The molecule has 0 radical (unpaired) electrons. The molecule has 2 rings (SSSR count). The molecule has 18 heavy (non-hydrogen) atoms. The van der Waals surface area contributed by atoms with E-state index >= 15 is 0 Å². The van der Waals surface area contributed by atoms with Crippen LogP contribution in [0.1, 0.15) is 17.5 Å². The first kappa shape index (κ1) is 12.9. The van der Waals surface area contributed by atoms with E-state index in [4.69, 9.17) is 5.26 Å². The molecule has 0 saturated carbocycles. The number of hydrogen-bond donors (Lipinski definition) is 0. The lowest BCUT2D eigenvalue weighted by atomic mass is 10.1. The molecular formula is C13H16N2O2S.